The fraction of sp³-hybridized carbons (Fsp3) is 0.400. The largest absolute Gasteiger partial charge is 0.494 e. The van der Waals surface area contributed by atoms with Crippen molar-refractivity contribution in [2.75, 3.05) is 6.61 Å². The third-order valence-corrected chi connectivity index (χ3v) is 3.12. The molecule has 0 radical (unpaired) electrons. The number of unbranched alkanes of at least 4 members (excludes halogenated alkanes) is 3. The molecule has 0 aliphatic heterocycles. The van der Waals surface area contributed by atoms with Gasteiger partial charge in [-0.1, -0.05) is 31.4 Å². The van der Waals surface area contributed by atoms with Crippen molar-refractivity contribution in [2.24, 2.45) is 0 Å². The molecule has 112 valence electrons. The monoisotopic (exact) mass is 289 g/mol. The lowest BCUT2D eigenvalue weighted by Crippen LogP contribution is -2.07. The molecular formula is C15H19N3O3. The highest BCUT2D eigenvalue weighted by molar-refractivity contribution is 5.85. The maximum atomic E-state index is 11.0. The van der Waals surface area contributed by atoms with Crippen LogP contribution in [0, 0.1) is 0 Å². The molecule has 0 fully saturated rings. The number of hydrogen-bond donors (Lipinski definition) is 1. The summed E-state index contributed by atoms with van der Waals surface area (Å²) in [4.78, 5) is 11.0. The normalized spacial score (nSPS) is 10.5. The van der Waals surface area contributed by atoms with Gasteiger partial charge in [0.15, 0.2) is 5.69 Å². The van der Waals surface area contributed by atoms with Crippen molar-refractivity contribution in [2.45, 2.75) is 32.6 Å². The number of ether oxygens (including phenoxy) is 1. The lowest BCUT2D eigenvalue weighted by Gasteiger charge is -2.07. The Hall–Kier alpha value is -2.37. The summed E-state index contributed by atoms with van der Waals surface area (Å²) in [6.45, 7) is 2.87. The van der Waals surface area contributed by atoms with Crippen LogP contribution in [-0.4, -0.2) is 32.7 Å². The molecule has 0 atom stereocenters. The van der Waals surface area contributed by atoms with E-state index < -0.39 is 5.97 Å². The minimum Gasteiger partial charge on any atom is -0.494 e. The van der Waals surface area contributed by atoms with Crippen LogP contribution < -0.4 is 4.74 Å². The highest BCUT2D eigenvalue weighted by atomic mass is 16.5. The Morgan fingerprint density at radius 1 is 1.24 bits per heavy atom. The predicted octanol–water partition coefficient (Wildman–Crippen LogP) is 2.92. The fourth-order valence-electron chi connectivity index (χ4n) is 1.97. The first kappa shape index (κ1) is 15.0. The minimum atomic E-state index is -1.06. The Balaban J connectivity index is 1.95. The van der Waals surface area contributed by atoms with E-state index in [0.29, 0.717) is 12.3 Å². The van der Waals surface area contributed by atoms with Gasteiger partial charge in [0.2, 0.25) is 0 Å². The summed E-state index contributed by atoms with van der Waals surface area (Å²) in [7, 11) is 0. The van der Waals surface area contributed by atoms with Gasteiger partial charge < -0.3 is 9.84 Å². The molecule has 1 N–H and O–H groups in total. The van der Waals surface area contributed by atoms with Crippen LogP contribution in [0.2, 0.25) is 0 Å². The summed E-state index contributed by atoms with van der Waals surface area (Å²) in [6, 6.07) is 7.15. The number of benzene rings is 1. The van der Waals surface area contributed by atoms with Crippen molar-refractivity contribution in [1.29, 1.82) is 0 Å². The van der Waals surface area contributed by atoms with Crippen molar-refractivity contribution in [3.8, 4) is 11.4 Å². The molecule has 0 saturated heterocycles. The van der Waals surface area contributed by atoms with Gasteiger partial charge >= 0.3 is 5.97 Å². The van der Waals surface area contributed by atoms with E-state index in [1.165, 1.54) is 30.1 Å². The summed E-state index contributed by atoms with van der Waals surface area (Å²) < 4.78 is 6.93. The van der Waals surface area contributed by atoms with Crippen LogP contribution in [0.25, 0.3) is 5.69 Å². The van der Waals surface area contributed by atoms with E-state index in [4.69, 9.17) is 9.84 Å². The zero-order valence-electron chi connectivity index (χ0n) is 12.0. The van der Waals surface area contributed by atoms with Crippen LogP contribution in [0.1, 0.15) is 43.1 Å². The first-order valence-corrected chi connectivity index (χ1v) is 7.09. The van der Waals surface area contributed by atoms with E-state index in [2.05, 4.69) is 17.2 Å². The van der Waals surface area contributed by atoms with Gasteiger partial charge in [0, 0.05) is 0 Å². The van der Waals surface area contributed by atoms with Gasteiger partial charge in [-0.25, -0.2) is 9.48 Å². The number of carboxylic acids is 1. The van der Waals surface area contributed by atoms with Gasteiger partial charge in [0.1, 0.15) is 5.75 Å². The molecule has 0 bridgehead atoms. The van der Waals surface area contributed by atoms with E-state index in [-0.39, 0.29) is 5.69 Å². The molecule has 1 heterocycles. The van der Waals surface area contributed by atoms with Crippen LogP contribution in [0.3, 0.4) is 0 Å². The third kappa shape index (κ3) is 4.05. The summed E-state index contributed by atoms with van der Waals surface area (Å²) in [5.41, 5.74) is 0.673. The summed E-state index contributed by atoms with van der Waals surface area (Å²) in [6.07, 6.45) is 5.88. The Morgan fingerprint density at radius 3 is 2.67 bits per heavy atom. The molecule has 6 nitrogen and oxygen atoms in total. The SMILES string of the molecule is CCCCCCOc1ccc(-n2nncc2C(=O)O)cc1. The zero-order chi connectivity index (χ0) is 15.1. The second kappa shape index (κ2) is 7.42. The summed E-state index contributed by atoms with van der Waals surface area (Å²) >= 11 is 0. The Kier molecular flexibility index (Phi) is 5.31. The van der Waals surface area contributed by atoms with Crippen LogP contribution in [-0.2, 0) is 0 Å². The van der Waals surface area contributed by atoms with Crippen LogP contribution in [0.15, 0.2) is 30.5 Å². The second-order valence-corrected chi connectivity index (χ2v) is 4.74. The Bertz CT molecular complexity index is 578. The number of nitrogens with zero attached hydrogens (tertiary/aromatic N) is 3. The Labute approximate surface area is 123 Å². The quantitative estimate of drug-likeness (QED) is 0.756. The molecular weight excluding hydrogens is 270 g/mol. The average molecular weight is 289 g/mol. The van der Waals surface area contributed by atoms with E-state index in [1.54, 1.807) is 12.1 Å². The van der Waals surface area contributed by atoms with E-state index >= 15 is 0 Å². The maximum absolute atomic E-state index is 11.0. The highest BCUT2D eigenvalue weighted by Gasteiger charge is 2.12. The first-order chi connectivity index (χ1) is 10.2. The molecule has 0 spiro atoms. The molecule has 1 aromatic heterocycles. The number of aromatic carboxylic acids is 1. The van der Waals surface area contributed by atoms with Gasteiger partial charge in [-0.15, -0.1) is 5.10 Å². The van der Waals surface area contributed by atoms with Crippen LogP contribution in [0.5, 0.6) is 5.75 Å². The molecule has 0 aliphatic carbocycles. The van der Waals surface area contributed by atoms with Gasteiger partial charge in [0.05, 0.1) is 18.5 Å². The number of hydrogen-bond acceptors (Lipinski definition) is 4. The molecule has 0 unspecified atom stereocenters. The molecule has 21 heavy (non-hydrogen) atoms. The maximum Gasteiger partial charge on any atom is 0.356 e. The van der Waals surface area contributed by atoms with Crippen molar-refractivity contribution in [3.05, 3.63) is 36.2 Å². The molecule has 1 aromatic carbocycles. The molecule has 0 saturated carbocycles. The fourth-order valence-corrected chi connectivity index (χ4v) is 1.97. The number of rotatable bonds is 8. The molecule has 6 heteroatoms. The highest BCUT2D eigenvalue weighted by Crippen LogP contribution is 2.16. The van der Waals surface area contributed by atoms with Crippen molar-refractivity contribution in [1.82, 2.24) is 15.0 Å². The van der Waals surface area contributed by atoms with Crippen molar-refractivity contribution >= 4 is 5.97 Å². The molecule has 2 aromatic rings. The first-order valence-electron chi connectivity index (χ1n) is 7.09. The van der Waals surface area contributed by atoms with Gasteiger partial charge in [-0.3, -0.25) is 0 Å². The van der Waals surface area contributed by atoms with Crippen LogP contribution in [0.4, 0.5) is 0 Å². The van der Waals surface area contributed by atoms with Crippen molar-refractivity contribution < 1.29 is 14.6 Å². The summed E-state index contributed by atoms with van der Waals surface area (Å²) in [5.74, 6) is -0.288. The summed E-state index contributed by atoms with van der Waals surface area (Å²) in [5, 5.41) is 16.4. The zero-order valence-corrected chi connectivity index (χ0v) is 12.0. The van der Waals surface area contributed by atoms with Gasteiger partial charge in [0.25, 0.3) is 0 Å². The van der Waals surface area contributed by atoms with Gasteiger partial charge in [-0.05, 0) is 30.7 Å². The smallest absolute Gasteiger partial charge is 0.356 e. The average Bonchev–Trinajstić information content (AvgIpc) is 2.97. The molecule has 0 aliphatic rings. The number of carboxylic acid groups (broad SMARTS) is 1. The predicted molar refractivity (Wildman–Crippen MR) is 78.0 cm³/mol. The minimum absolute atomic E-state index is 0.0308. The molecule has 0 amide bonds. The van der Waals surface area contributed by atoms with E-state index in [9.17, 15) is 4.79 Å². The number of carbonyl (C=O) groups is 1. The standard InChI is InChI=1S/C15H19N3O3/c1-2-3-4-5-10-21-13-8-6-12(7-9-13)18-14(15(19)20)11-16-17-18/h6-9,11H,2-5,10H2,1H3,(H,19,20). The third-order valence-electron chi connectivity index (χ3n) is 3.12. The topological polar surface area (TPSA) is 77.2 Å². The van der Waals surface area contributed by atoms with Gasteiger partial charge in [-0.2, -0.15) is 0 Å². The number of aromatic nitrogens is 3. The second-order valence-electron chi connectivity index (χ2n) is 4.74. The lowest BCUT2D eigenvalue weighted by atomic mass is 10.2. The lowest BCUT2D eigenvalue weighted by molar-refractivity contribution is 0.0687. The van der Waals surface area contributed by atoms with Crippen molar-refractivity contribution in [3.63, 3.8) is 0 Å². The van der Waals surface area contributed by atoms with E-state index in [0.717, 1.165) is 12.2 Å². The molecule has 2 rings (SSSR count). The van der Waals surface area contributed by atoms with E-state index in [1.807, 2.05) is 12.1 Å². The van der Waals surface area contributed by atoms with Crippen LogP contribution >= 0.6 is 0 Å². The Morgan fingerprint density at radius 2 is 2.00 bits per heavy atom.